The minimum absolute atomic E-state index is 0.165. The molecule has 0 saturated heterocycles. The highest BCUT2D eigenvalue weighted by Crippen LogP contribution is 2.47. The van der Waals surface area contributed by atoms with Gasteiger partial charge in [0.1, 0.15) is 0 Å². The molecule has 0 unspecified atom stereocenters. The van der Waals surface area contributed by atoms with Gasteiger partial charge in [0.05, 0.1) is 0 Å². The van der Waals surface area contributed by atoms with E-state index in [1.54, 1.807) is 6.08 Å². The van der Waals surface area contributed by atoms with Crippen molar-refractivity contribution in [2.75, 3.05) is 0 Å². The summed E-state index contributed by atoms with van der Waals surface area (Å²) in [6.07, 6.45) is 5.07. The van der Waals surface area contributed by atoms with E-state index in [0.29, 0.717) is 5.57 Å². The highest BCUT2D eigenvalue weighted by atomic mass is 16.4. The van der Waals surface area contributed by atoms with Crippen LogP contribution in [0, 0.1) is 6.92 Å². The van der Waals surface area contributed by atoms with Gasteiger partial charge in [0.15, 0.2) is 0 Å². The van der Waals surface area contributed by atoms with Gasteiger partial charge in [0, 0.05) is 6.08 Å². The zero-order chi connectivity index (χ0) is 20.7. The molecule has 0 aromatic heterocycles. The standard InChI is InChI=1S/C26H30O2/c1-17(10-11-24(27)28)19-8-7-9-20(15-19)21-16-23-22(14-18(21)2)25(3,4)12-13-26(23,5)6/h7-11,14-16H,1,12-13H2,2-6H3,(H,27,28)/b11-10+. The average molecular weight is 375 g/mol. The maximum atomic E-state index is 10.8. The molecule has 0 radical (unpaired) electrons. The molecule has 3 rings (SSSR count). The Morgan fingerprint density at radius 1 is 1.00 bits per heavy atom. The Labute approximate surface area is 168 Å². The smallest absolute Gasteiger partial charge is 0.328 e. The van der Waals surface area contributed by atoms with Gasteiger partial charge in [-0.2, -0.15) is 0 Å². The van der Waals surface area contributed by atoms with Crippen LogP contribution in [-0.2, 0) is 15.6 Å². The summed E-state index contributed by atoms with van der Waals surface area (Å²) in [5.41, 5.74) is 8.56. The Morgan fingerprint density at radius 3 is 2.21 bits per heavy atom. The number of carboxylic acids is 1. The number of hydrogen-bond acceptors (Lipinski definition) is 1. The molecule has 0 spiro atoms. The molecule has 2 aromatic carbocycles. The Morgan fingerprint density at radius 2 is 1.61 bits per heavy atom. The summed E-state index contributed by atoms with van der Waals surface area (Å²) in [7, 11) is 0. The molecule has 1 aliphatic rings. The van der Waals surface area contributed by atoms with Crippen LogP contribution in [0.5, 0.6) is 0 Å². The van der Waals surface area contributed by atoms with Crippen LogP contribution < -0.4 is 0 Å². The predicted octanol–water partition coefficient (Wildman–Crippen LogP) is 6.67. The third-order valence-corrected chi connectivity index (χ3v) is 6.17. The first-order valence-electron chi connectivity index (χ1n) is 9.88. The van der Waals surface area contributed by atoms with Gasteiger partial charge in [-0.1, -0.05) is 64.6 Å². The van der Waals surface area contributed by atoms with Gasteiger partial charge in [0.25, 0.3) is 0 Å². The molecular formula is C26H30O2. The van der Waals surface area contributed by atoms with Gasteiger partial charge in [-0.15, -0.1) is 0 Å². The minimum Gasteiger partial charge on any atom is -0.478 e. The van der Waals surface area contributed by atoms with Crippen LogP contribution in [0.25, 0.3) is 16.7 Å². The molecule has 0 bridgehead atoms. The van der Waals surface area contributed by atoms with Crippen LogP contribution >= 0.6 is 0 Å². The fourth-order valence-corrected chi connectivity index (χ4v) is 4.19. The number of rotatable bonds is 4. The molecule has 0 saturated carbocycles. The average Bonchev–Trinajstić information content (AvgIpc) is 2.63. The third kappa shape index (κ3) is 3.82. The topological polar surface area (TPSA) is 37.3 Å². The van der Waals surface area contributed by atoms with E-state index in [1.165, 1.54) is 35.1 Å². The number of allylic oxidation sites excluding steroid dienone is 2. The van der Waals surface area contributed by atoms with E-state index >= 15 is 0 Å². The summed E-state index contributed by atoms with van der Waals surface area (Å²) < 4.78 is 0. The summed E-state index contributed by atoms with van der Waals surface area (Å²) in [5, 5.41) is 8.85. The van der Waals surface area contributed by atoms with E-state index in [1.807, 2.05) is 12.1 Å². The molecule has 146 valence electrons. The van der Waals surface area contributed by atoms with E-state index in [-0.39, 0.29) is 10.8 Å². The third-order valence-electron chi connectivity index (χ3n) is 6.17. The van der Waals surface area contributed by atoms with Gasteiger partial charge >= 0.3 is 5.97 Å². The minimum atomic E-state index is -0.965. The van der Waals surface area contributed by atoms with E-state index in [9.17, 15) is 4.79 Å². The monoisotopic (exact) mass is 374 g/mol. The van der Waals surface area contributed by atoms with Crippen molar-refractivity contribution in [1.29, 1.82) is 0 Å². The highest BCUT2D eigenvalue weighted by molar-refractivity contribution is 5.86. The fraction of sp³-hybridized carbons (Fsp3) is 0.346. The number of aliphatic carboxylic acids is 1. The maximum Gasteiger partial charge on any atom is 0.328 e. The fourth-order valence-electron chi connectivity index (χ4n) is 4.19. The molecule has 0 fully saturated rings. The number of carbonyl (C=O) groups is 1. The quantitative estimate of drug-likeness (QED) is 0.479. The van der Waals surface area contributed by atoms with Gasteiger partial charge in [-0.05, 0) is 81.7 Å². The molecule has 0 amide bonds. The molecule has 2 aromatic rings. The lowest BCUT2D eigenvalue weighted by molar-refractivity contribution is -0.131. The second kappa shape index (κ2) is 7.09. The number of aryl methyl sites for hydroxylation is 1. The van der Waals surface area contributed by atoms with E-state index in [2.05, 4.69) is 65.5 Å². The largest absolute Gasteiger partial charge is 0.478 e. The van der Waals surface area contributed by atoms with Crippen molar-refractivity contribution in [3.05, 3.63) is 77.4 Å². The molecule has 0 aliphatic heterocycles. The van der Waals surface area contributed by atoms with Crippen LogP contribution in [0.3, 0.4) is 0 Å². The molecular weight excluding hydrogens is 344 g/mol. The SMILES string of the molecule is C=C(/C=C/C(=O)O)c1cccc(-c2cc3c(cc2C)C(C)(C)CCC3(C)C)c1. The first-order chi connectivity index (χ1) is 13.0. The summed E-state index contributed by atoms with van der Waals surface area (Å²) in [4.78, 5) is 10.8. The van der Waals surface area contributed by atoms with Gasteiger partial charge in [-0.25, -0.2) is 4.79 Å². The van der Waals surface area contributed by atoms with Crippen LogP contribution in [-0.4, -0.2) is 11.1 Å². The summed E-state index contributed by atoms with van der Waals surface area (Å²) in [6.45, 7) is 15.6. The van der Waals surface area contributed by atoms with Crippen molar-refractivity contribution in [2.45, 2.75) is 58.3 Å². The Kier molecular flexibility index (Phi) is 5.10. The first kappa shape index (κ1) is 20.1. The van der Waals surface area contributed by atoms with E-state index in [4.69, 9.17) is 5.11 Å². The van der Waals surface area contributed by atoms with Gasteiger partial charge in [0.2, 0.25) is 0 Å². The van der Waals surface area contributed by atoms with Crippen molar-refractivity contribution in [3.8, 4) is 11.1 Å². The van der Waals surface area contributed by atoms with Crippen molar-refractivity contribution < 1.29 is 9.90 Å². The second-order valence-electron chi connectivity index (χ2n) is 9.26. The molecule has 2 nitrogen and oxygen atoms in total. The molecule has 0 atom stereocenters. The zero-order valence-corrected chi connectivity index (χ0v) is 17.6. The Balaban J connectivity index is 2.10. The Bertz CT molecular complexity index is 974. The van der Waals surface area contributed by atoms with Crippen molar-refractivity contribution in [3.63, 3.8) is 0 Å². The molecule has 28 heavy (non-hydrogen) atoms. The number of hydrogen-bond donors (Lipinski definition) is 1. The predicted molar refractivity (Wildman–Crippen MR) is 118 cm³/mol. The maximum absolute atomic E-state index is 10.8. The molecule has 1 aliphatic carbocycles. The normalized spacial score (nSPS) is 17.3. The lowest BCUT2D eigenvalue weighted by Crippen LogP contribution is -2.34. The first-order valence-corrected chi connectivity index (χ1v) is 9.88. The second-order valence-corrected chi connectivity index (χ2v) is 9.26. The van der Waals surface area contributed by atoms with E-state index < -0.39 is 5.97 Å². The summed E-state index contributed by atoms with van der Waals surface area (Å²) >= 11 is 0. The number of carboxylic acid groups (broad SMARTS) is 1. The molecule has 0 heterocycles. The number of fused-ring (bicyclic) bond motifs is 1. The van der Waals surface area contributed by atoms with Gasteiger partial charge < -0.3 is 5.11 Å². The molecule has 2 heteroatoms. The highest BCUT2D eigenvalue weighted by Gasteiger charge is 2.37. The van der Waals surface area contributed by atoms with Crippen LogP contribution in [0.4, 0.5) is 0 Å². The van der Waals surface area contributed by atoms with Crippen LogP contribution in [0.2, 0.25) is 0 Å². The van der Waals surface area contributed by atoms with Crippen molar-refractivity contribution in [2.24, 2.45) is 0 Å². The lowest BCUT2D eigenvalue weighted by Gasteiger charge is -2.42. The molecule has 1 N–H and O–H groups in total. The zero-order valence-electron chi connectivity index (χ0n) is 17.6. The van der Waals surface area contributed by atoms with Crippen LogP contribution in [0.15, 0.2) is 55.1 Å². The summed E-state index contributed by atoms with van der Waals surface area (Å²) in [6, 6.07) is 13.0. The lowest BCUT2D eigenvalue weighted by atomic mass is 9.62. The van der Waals surface area contributed by atoms with Crippen molar-refractivity contribution >= 4 is 11.5 Å². The summed E-state index contributed by atoms with van der Waals surface area (Å²) in [5.74, 6) is -0.965. The van der Waals surface area contributed by atoms with Crippen molar-refractivity contribution in [1.82, 2.24) is 0 Å². The van der Waals surface area contributed by atoms with Gasteiger partial charge in [-0.3, -0.25) is 0 Å². The van der Waals surface area contributed by atoms with E-state index in [0.717, 1.165) is 17.2 Å². The Hall–Kier alpha value is -2.61. The number of benzene rings is 2. The van der Waals surface area contributed by atoms with Crippen LogP contribution in [0.1, 0.15) is 62.8 Å².